The molecule has 0 aliphatic carbocycles. The third-order valence-electron chi connectivity index (χ3n) is 5.61. The molecular formula is C21H21N3O5. The maximum absolute atomic E-state index is 13.0. The van der Waals surface area contributed by atoms with E-state index < -0.39 is 12.0 Å². The molecule has 150 valence electrons. The molecule has 8 nitrogen and oxygen atoms in total. The summed E-state index contributed by atoms with van der Waals surface area (Å²) in [6.45, 7) is 0.242. The van der Waals surface area contributed by atoms with Crippen molar-refractivity contribution in [3.05, 3.63) is 70.1 Å². The topological polar surface area (TPSA) is 99.8 Å². The summed E-state index contributed by atoms with van der Waals surface area (Å²) in [6, 6.07) is 11.4. The number of ether oxygens (including phenoxy) is 1. The SMILES string of the molecule is COC(=O)[C@H]1C[C@H]2CN(C(=O)c3ccc(=O)[nH]c3)CC(=O)N2[C@H]1c1ccccc1. The van der Waals surface area contributed by atoms with Crippen molar-refractivity contribution in [2.75, 3.05) is 20.2 Å². The molecule has 0 radical (unpaired) electrons. The quantitative estimate of drug-likeness (QED) is 0.781. The van der Waals surface area contributed by atoms with Crippen molar-refractivity contribution >= 4 is 17.8 Å². The van der Waals surface area contributed by atoms with Crippen LogP contribution in [0.5, 0.6) is 0 Å². The van der Waals surface area contributed by atoms with E-state index in [9.17, 15) is 19.2 Å². The van der Waals surface area contributed by atoms with Gasteiger partial charge in [0.1, 0.15) is 6.54 Å². The lowest BCUT2D eigenvalue weighted by atomic mass is 9.93. The monoisotopic (exact) mass is 395 g/mol. The Balaban J connectivity index is 1.62. The molecule has 3 heterocycles. The number of esters is 1. The average molecular weight is 395 g/mol. The number of amides is 2. The number of piperazine rings is 1. The van der Waals surface area contributed by atoms with Crippen LogP contribution in [0.3, 0.4) is 0 Å². The second-order valence-electron chi connectivity index (χ2n) is 7.30. The Morgan fingerprint density at radius 3 is 2.52 bits per heavy atom. The molecule has 0 spiro atoms. The number of carbonyl (C=O) groups excluding carboxylic acids is 3. The van der Waals surface area contributed by atoms with Gasteiger partial charge in [-0.15, -0.1) is 0 Å². The molecular weight excluding hydrogens is 374 g/mol. The number of carbonyl (C=O) groups is 3. The molecule has 3 atom stereocenters. The summed E-state index contributed by atoms with van der Waals surface area (Å²) >= 11 is 0. The van der Waals surface area contributed by atoms with E-state index in [1.807, 2.05) is 30.3 Å². The van der Waals surface area contributed by atoms with Crippen molar-refractivity contribution in [1.29, 1.82) is 0 Å². The molecule has 0 unspecified atom stereocenters. The Morgan fingerprint density at radius 2 is 1.86 bits per heavy atom. The van der Waals surface area contributed by atoms with Gasteiger partial charge in [-0.1, -0.05) is 30.3 Å². The van der Waals surface area contributed by atoms with Crippen LogP contribution < -0.4 is 5.56 Å². The van der Waals surface area contributed by atoms with E-state index in [1.165, 1.54) is 30.3 Å². The molecule has 1 aromatic carbocycles. The fraction of sp³-hybridized carbons (Fsp3) is 0.333. The van der Waals surface area contributed by atoms with E-state index in [1.54, 1.807) is 4.90 Å². The van der Waals surface area contributed by atoms with Crippen molar-refractivity contribution in [2.45, 2.75) is 18.5 Å². The number of hydrogen-bond donors (Lipinski definition) is 1. The maximum atomic E-state index is 13.0. The van der Waals surface area contributed by atoms with E-state index in [-0.39, 0.29) is 35.9 Å². The largest absolute Gasteiger partial charge is 0.469 e. The number of benzene rings is 1. The summed E-state index contributed by atoms with van der Waals surface area (Å²) in [6.07, 6.45) is 1.77. The molecule has 2 fully saturated rings. The zero-order valence-electron chi connectivity index (χ0n) is 15.9. The molecule has 2 saturated heterocycles. The number of aromatic nitrogens is 1. The lowest BCUT2D eigenvalue weighted by molar-refractivity contribution is -0.147. The molecule has 0 bridgehead atoms. The highest BCUT2D eigenvalue weighted by Gasteiger charge is 2.51. The smallest absolute Gasteiger partial charge is 0.311 e. The van der Waals surface area contributed by atoms with Crippen molar-refractivity contribution in [1.82, 2.24) is 14.8 Å². The first-order chi connectivity index (χ1) is 14.0. The second-order valence-corrected chi connectivity index (χ2v) is 7.30. The Kier molecular flexibility index (Phi) is 4.92. The number of methoxy groups -OCH3 is 1. The summed E-state index contributed by atoms with van der Waals surface area (Å²) in [5.74, 6) is -1.38. The van der Waals surface area contributed by atoms with Crippen molar-refractivity contribution in [3.8, 4) is 0 Å². The Bertz CT molecular complexity index is 982. The minimum atomic E-state index is -0.487. The van der Waals surface area contributed by atoms with Crippen LogP contribution >= 0.6 is 0 Å². The Morgan fingerprint density at radius 1 is 1.10 bits per heavy atom. The minimum absolute atomic E-state index is 0.0777. The number of hydrogen-bond acceptors (Lipinski definition) is 5. The number of nitrogens with zero attached hydrogens (tertiary/aromatic N) is 2. The lowest BCUT2D eigenvalue weighted by Gasteiger charge is -2.40. The van der Waals surface area contributed by atoms with Crippen LogP contribution in [0.25, 0.3) is 0 Å². The van der Waals surface area contributed by atoms with E-state index in [4.69, 9.17) is 4.74 Å². The van der Waals surface area contributed by atoms with E-state index in [0.29, 0.717) is 18.5 Å². The van der Waals surface area contributed by atoms with Crippen LogP contribution in [0.1, 0.15) is 28.4 Å². The van der Waals surface area contributed by atoms with Gasteiger partial charge in [-0.25, -0.2) is 0 Å². The molecule has 1 aromatic heterocycles. The van der Waals surface area contributed by atoms with Gasteiger partial charge in [0.25, 0.3) is 5.91 Å². The number of nitrogens with one attached hydrogen (secondary N) is 1. The molecule has 2 amide bonds. The van der Waals surface area contributed by atoms with Crippen LogP contribution in [-0.4, -0.2) is 58.8 Å². The predicted octanol–water partition coefficient (Wildman–Crippen LogP) is 0.962. The minimum Gasteiger partial charge on any atom is -0.469 e. The first-order valence-corrected chi connectivity index (χ1v) is 9.41. The molecule has 1 N–H and O–H groups in total. The van der Waals surface area contributed by atoms with Gasteiger partial charge in [-0.05, 0) is 18.1 Å². The van der Waals surface area contributed by atoms with E-state index >= 15 is 0 Å². The van der Waals surface area contributed by atoms with Crippen LogP contribution in [-0.2, 0) is 14.3 Å². The first kappa shape index (κ1) is 18.9. The second kappa shape index (κ2) is 7.54. The standard InChI is InChI=1S/C21H21N3O5/c1-29-21(28)16-9-15-11-23(20(27)14-7-8-17(25)22-10-14)12-18(26)24(15)19(16)13-5-3-2-4-6-13/h2-8,10,15-16,19H,9,11-12H2,1H3,(H,22,25)/t15-,16-,19-/m0/s1. The highest BCUT2D eigenvalue weighted by atomic mass is 16.5. The number of aromatic amines is 1. The molecule has 4 rings (SSSR count). The Hall–Kier alpha value is -3.42. The maximum Gasteiger partial charge on any atom is 0.311 e. The zero-order valence-corrected chi connectivity index (χ0v) is 15.9. The molecule has 2 aromatic rings. The summed E-state index contributed by atoms with van der Waals surface area (Å²) < 4.78 is 4.99. The van der Waals surface area contributed by atoms with Gasteiger partial charge in [0, 0.05) is 18.8 Å². The highest BCUT2D eigenvalue weighted by molar-refractivity contribution is 5.97. The molecule has 2 aliphatic heterocycles. The van der Waals surface area contributed by atoms with Crippen LogP contribution in [0.15, 0.2) is 53.5 Å². The fourth-order valence-corrected chi connectivity index (χ4v) is 4.34. The average Bonchev–Trinajstić information content (AvgIpc) is 3.14. The van der Waals surface area contributed by atoms with Crippen molar-refractivity contribution in [2.24, 2.45) is 5.92 Å². The van der Waals surface area contributed by atoms with Gasteiger partial charge >= 0.3 is 5.97 Å². The van der Waals surface area contributed by atoms with Crippen LogP contribution in [0.2, 0.25) is 0 Å². The molecule has 2 aliphatic rings. The van der Waals surface area contributed by atoms with Gasteiger partial charge in [-0.3, -0.25) is 19.2 Å². The molecule has 8 heteroatoms. The predicted molar refractivity (Wildman–Crippen MR) is 103 cm³/mol. The fourth-order valence-electron chi connectivity index (χ4n) is 4.34. The van der Waals surface area contributed by atoms with E-state index in [2.05, 4.69) is 4.98 Å². The number of rotatable bonds is 3. The third kappa shape index (κ3) is 3.41. The summed E-state index contributed by atoms with van der Waals surface area (Å²) in [7, 11) is 1.34. The van der Waals surface area contributed by atoms with Gasteiger partial charge in [-0.2, -0.15) is 0 Å². The number of H-pyrrole nitrogens is 1. The van der Waals surface area contributed by atoms with E-state index in [0.717, 1.165) is 5.56 Å². The van der Waals surface area contributed by atoms with Crippen molar-refractivity contribution < 1.29 is 19.1 Å². The number of pyridine rings is 1. The normalized spacial score (nSPS) is 23.6. The summed E-state index contributed by atoms with van der Waals surface area (Å²) in [5.41, 5.74) is 0.886. The van der Waals surface area contributed by atoms with Gasteiger partial charge < -0.3 is 19.5 Å². The van der Waals surface area contributed by atoms with Gasteiger partial charge in [0.2, 0.25) is 11.5 Å². The zero-order chi connectivity index (χ0) is 20.5. The van der Waals surface area contributed by atoms with Gasteiger partial charge in [0.05, 0.1) is 30.7 Å². The third-order valence-corrected chi connectivity index (χ3v) is 5.61. The van der Waals surface area contributed by atoms with Gasteiger partial charge in [0.15, 0.2) is 0 Å². The number of fused-ring (bicyclic) bond motifs is 1. The first-order valence-electron chi connectivity index (χ1n) is 9.41. The lowest BCUT2D eigenvalue weighted by Crippen LogP contribution is -2.55. The van der Waals surface area contributed by atoms with Crippen molar-refractivity contribution in [3.63, 3.8) is 0 Å². The highest BCUT2D eigenvalue weighted by Crippen LogP contribution is 2.43. The molecule has 0 saturated carbocycles. The van der Waals surface area contributed by atoms with Crippen LogP contribution in [0, 0.1) is 5.92 Å². The van der Waals surface area contributed by atoms with Crippen LogP contribution in [0.4, 0.5) is 0 Å². The molecule has 29 heavy (non-hydrogen) atoms. The Labute approximate surface area is 167 Å². The summed E-state index contributed by atoms with van der Waals surface area (Å²) in [5, 5.41) is 0. The summed E-state index contributed by atoms with van der Waals surface area (Å²) in [4.78, 5) is 55.2.